The Morgan fingerprint density at radius 1 is 1.43 bits per heavy atom. The summed E-state index contributed by atoms with van der Waals surface area (Å²) in [5.41, 5.74) is 1.04. The van der Waals surface area contributed by atoms with Crippen molar-refractivity contribution in [3.8, 4) is 5.75 Å². The van der Waals surface area contributed by atoms with E-state index in [9.17, 15) is 13.2 Å². The highest BCUT2D eigenvalue weighted by atomic mass is 32.2. The zero-order chi connectivity index (χ0) is 15.5. The third kappa shape index (κ3) is 3.78. The number of benzene rings is 1. The van der Waals surface area contributed by atoms with Crippen molar-refractivity contribution in [3.63, 3.8) is 0 Å². The average Bonchev–Trinajstić information content (AvgIpc) is 2.43. The zero-order valence-electron chi connectivity index (χ0n) is 12.0. The largest absolute Gasteiger partial charge is 0.489 e. The highest BCUT2D eigenvalue weighted by molar-refractivity contribution is 7.92. The van der Waals surface area contributed by atoms with Crippen molar-refractivity contribution in [1.82, 2.24) is 5.32 Å². The van der Waals surface area contributed by atoms with Crippen LogP contribution in [0.4, 0.5) is 16.2 Å². The molecule has 0 saturated carbocycles. The summed E-state index contributed by atoms with van der Waals surface area (Å²) in [6.45, 7) is 3.13. The third-order valence-electron chi connectivity index (χ3n) is 2.97. The van der Waals surface area contributed by atoms with Crippen molar-refractivity contribution in [3.05, 3.63) is 18.2 Å². The van der Waals surface area contributed by atoms with Crippen molar-refractivity contribution < 1.29 is 17.9 Å². The average molecular weight is 313 g/mol. The number of urea groups is 1. The first kappa shape index (κ1) is 15.4. The molecule has 2 amide bonds. The number of sulfonamides is 1. The lowest BCUT2D eigenvalue weighted by Gasteiger charge is -2.29. The smallest absolute Gasteiger partial charge is 0.319 e. The van der Waals surface area contributed by atoms with Crippen LogP contribution in [0.2, 0.25) is 0 Å². The van der Waals surface area contributed by atoms with Gasteiger partial charge < -0.3 is 15.4 Å². The molecule has 21 heavy (non-hydrogen) atoms. The molecule has 0 unspecified atom stereocenters. The number of ether oxygens (including phenoxy) is 1. The number of fused-ring (bicyclic) bond motifs is 1. The third-order valence-corrected chi connectivity index (χ3v) is 4.15. The summed E-state index contributed by atoms with van der Waals surface area (Å²) in [4.78, 5) is 11.6. The Kier molecular flexibility index (Phi) is 4.56. The second-order valence-electron chi connectivity index (χ2n) is 4.75. The number of hydrogen-bond acceptors (Lipinski definition) is 4. The zero-order valence-corrected chi connectivity index (χ0v) is 12.9. The van der Waals surface area contributed by atoms with Crippen LogP contribution in [0.5, 0.6) is 5.75 Å². The van der Waals surface area contributed by atoms with E-state index in [1.165, 1.54) is 4.31 Å². The summed E-state index contributed by atoms with van der Waals surface area (Å²) in [7, 11) is -3.33. The van der Waals surface area contributed by atoms with Gasteiger partial charge in [-0.25, -0.2) is 13.2 Å². The van der Waals surface area contributed by atoms with Gasteiger partial charge in [-0.15, -0.1) is 0 Å². The van der Waals surface area contributed by atoms with E-state index in [0.29, 0.717) is 23.7 Å². The summed E-state index contributed by atoms with van der Waals surface area (Å²) in [5.74, 6) is 0.444. The predicted octanol–water partition coefficient (Wildman–Crippen LogP) is 1.38. The van der Waals surface area contributed by atoms with Gasteiger partial charge in [0.05, 0.1) is 18.5 Å². The van der Waals surface area contributed by atoms with Crippen LogP contribution in [0, 0.1) is 0 Å². The fourth-order valence-corrected chi connectivity index (χ4v) is 2.95. The van der Waals surface area contributed by atoms with E-state index in [0.717, 1.165) is 12.7 Å². The summed E-state index contributed by atoms with van der Waals surface area (Å²) in [6, 6.07) is 4.60. The Morgan fingerprint density at radius 2 is 2.19 bits per heavy atom. The van der Waals surface area contributed by atoms with Gasteiger partial charge in [-0.05, 0) is 18.6 Å². The highest BCUT2D eigenvalue weighted by Crippen LogP contribution is 2.35. The van der Waals surface area contributed by atoms with Crippen molar-refractivity contribution in [1.29, 1.82) is 0 Å². The normalized spacial score (nSPS) is 14.1. The molecule has 0 bridgehead atoms. The molecule has 1 aromatic rings. The minimum atomic E-state index is -3.33. The molecule has 0 spiro atoms. The lowest BCUT2D eigenvalue weighted by Crippen LogP contribution is -2.37. The number of anilines is 2. The van der Waals surface area contributed by atoms with Gasteiger partial charge in [-0.1, -0.05) is 6.92 Å². The van der Waals surface area contributed by atoms with Gasteiger partial charge in [-0.2, -0.15) is 0 Å². The van der Waals surface area contributed by atoms with E-state index in [-0.39, 0.29) is 19.2 Å². The van der Waals surface area contributed by atoms with Gasteiger partial charge in [-0.3, -0.25) is 4.31 Å². The first-order valence-electron chi connectivity index (χ1n) is 6.71. The molecule has 0 atom stereocenters. The van der Waals surface area contributed by atoms with Crippen LogP contribution < -0.4 is 19.7 Å². The number of nitrogens with zero attached hydrogens (tertiary/aromatic N) is 1. The number of rotatable bonds is 4. The Bertz CT molecular complexity index is 630. The molecular formula is C13H19N3O4S. The molecule has 0 fully saturated rings. The highest BCUT2D eigenvalue weighted by Gasteiger charge is 2.25. The van der Waals surface area contributed by atoms with Crippen LogP contribution in [0.3, 0.4) is 0 Å². The number of hydrogen-bond donors (Lipinski definition) is 2. The fourth-order valence-electron chi connectivity index (χ4n) is 2.03. The standard InChI is InChI=1S/C13H19N3O4S/c1-3-6-14-13(17)15-10-4-5-11-12(9-10)20-8-7-16(11)21(2,18)19/h4-5,9H,3,6-8H2,1-2H3,(H2,14,15,17). The molecule has 116 valence electrons. The Hall–Kier alpha value is -1.96. The second-order valence-corrected chi connectivity index (χ2v) is 6.65. The van der Waals surface area contributed by atoms with Crippen molar-refractivity contribution in [2.75, 3.05) is 35.6 Å². The molecule has 0 saturated heterocycles. The van der Waals surface area contributed by atoms with Crippen molar-refractivity contribution in [2.24, 2.45) is 0 Å². The first-order valence-corrected chi connectivity index (χ1v) is 8.56. The van der Waals surface area contributed by atoms with Crippen molar-refractivity contribution >= 4 is 27.4 Å². The summed E-state index contributed by atoms with van der Waals surface area (Å²) < 4.78 is 30.2. The Balaban J connectivity index is 2.18. The van der Waals surface area contributed by atoms with Crippen molar-refractivity contribution in [2.45, 2.75) is 13.3 Å². The quantitative estimate of drug-likeness (QED) is 0.879. The van der Waals surface area contributed by atoms with Crippen LogP contribution >= 0.6 is 0 Å². The monoisotopic (exact) mass is 313 g/mol. The number of carbonyl (C=O) groups excluding carboxylic acids is 1. The van der Waals surface area contributed by atoms with Crippen LogP contribution in [-0.4, -0.2) is 40.4 Å². The van der Waals surface area contributed by atoms with Gasteiger partial charge >= 0.3 is 6.03 Å². The van der Waals surface area contributed by atoms with Gasteiger partial charge in [0.15, 0.2) is 0 Å². The van der Waals surface area contributed by atoms with E-state index < -0.39 is 10.0 Å². The lowest BCUT2D eigenvalue weighted by molar-refractivity contribution is 0.252. The van der Waals surface area contributed by atoms with E-state index in [4.69, 9.17) is 4.74 Å². The van der Waals surface area contributed by atoms with Crippen LogP contribution in [0.15, 0.2) is 18.2 Å². The molecule has 1 aliphatic rings. The number of nitrogens with one attached hydrogen (secondary N) is 2. The molecule has 1 aliphatic heterocycles. The van der Waals surface area contributed by atoms with E-state index in [1.54, 1.807) is 18.2 Å². The van der Waals surface area contributed by atoms with Crippen LogP contribution in [0.25, 0.3) is 0 Å². The molecule has 7 nitrogen and oxygen atoms in total. The predicted molar refractivity (Wildman–Crippen MR) is 81.4 cm³/mol. The van der Waals surface area contributed by atoms with Gasteiger partial charge in [0.2, 0.25) is 10.0 Å². The number of carbonyl (C=O) groups is 1. The van der Waals surface area contributed by atoms with E-state index in [2.05, 4.69) is 10.6 Å². The first-order chi connectivity index (χ1) is 9.91. The minimum absolute atomic E-state index is 0.283. The Morgan fingerprint density at radius 3 is 2.86 bits per heavy atom. The van der Waals surface area contributed by atoms with Crippen LogP contribution in [-0.2, 0) is 10.0 Å². The summed E-state index contributed by atoms with van der Waals surface area (Å²) in [6.07, 6.45) is 2.01. The minimum Gasteiger partial charge on any atom is -0.489 e. The van der Waals surface area contributed by atoms with Gasteiger partial charge in [0.1, 0.15) is 12.4 Å². The SMILES string of the molecule is CCCNC(=O)Nc1ccc2c(c1)OCCN2S(C)(=O)=O. The molecule has 8 heteroatoms. The van der Waals surface area contributed by atoms with E-state index in [1.807, 2.05) is 6.92 Å². The fraction of sp³-hybridized carbons (Fsp3) is 0.462. The number of amides is 2. The molecule has 1 heterocycles. The second kappa shape index (κ2) is 6.21. The maximum Gasteiger partial charge on any atom is 0.319 e. The maximum absolute atomic E-state index is 11.7. The summed E-state index contributed by atoms with van der Waals surface area (Å²) in [5, 5.41) is 5.38. The molecule has 2 N–H and O–H groups in total. The molecule has 2 rings (SSSR count). The van der Waals surface area contributed by atoms with Gasteiger partial charge in [0, 0.05) is 18.3 Å². The molecule has 0 radical (unpaired) electrons. The molecular weight excluding hydrogens is 294 g/mol. The van der Waals surface area contributed by atoms with E-state index >= 15 is 0 Å². The molecule has 0 aliphatic carbocycles. The Labute approximate surface area is 124 Å². The maximum atomic E-state index is 11.7. The molecule has 1 aromatic carbocycles. The molecule has 0 aromatic heterocycles. The van der Waals surface area contributed by atoms with Gasteiger partial charge in [0.25, 0.3) is 0 Å². The summed E-state index contributed by atoms with van der Waals surface area (Å²) >= 11 is 0. The lowest BCUT2D eigenvalue weighted by atomic mass is 10.2. The van der Waals surface area contributed by atoms with Crippen LogP contribution in [0.1, 0.15) is 13.3 Å². The topological polar surface area (TPSA) is 87.7 Å².